The van der Waals surface area contributed by atoms with E-state index in [-0.39, 0.29) is 12.4 Å². The van der Waals surface area contributed by atoms with Crippen LogP contribution in [0, 0.1) is 35.7 Å². The third-order valence-corrected chi connectivity index (χ3v) is 1.77. The number of benzene rings is 1. The zero-order valence-corrected chi connectivity index (χ0v) is 8.97. The Kier molecular flexibility index (Phi) is 4.59. The number of nitro groups is 3. The van der Waals surface area contributed by atoms with Crippen LogP contribution in [-0.4, -0.2) is 14.8 Å². The Hall–Kier alpha value is -2.87. The third kappa shape index (κ3) is 2.62. The molecular formula is C6H2ClN5O6. The first-order chi connectivity index (χ1) is 7.88. The van der Waals surface area contributed by atoms with Gasteiger partial charge in [0.25, 0.3) is 0 Å². The lowest BCUT2D eigenvalue weighted by Crippen LogP contribution is -3.00. The smallest absolute Gasteiger partial charge is 0.468 e. The molecule has 0 saturated heterocycles. The first kappa shape index (κ1) is 15.1. The van der Waals surface area contributed by atoms with Crippen molar-refractivity contribution in [3.05, 3.63) is 47.5 Å². The second-order valence-corrected chi connectivity index (χ2v) is 2.70. The van der Waals surface area contributed by atoms with Crippen molar-refractivity contribution in [1.82, 2.24) is 0 Å². The maximum atomic E-state index is 10.5. The molecule has 1 aromatic carbocycles. The molecule has 0 bridgehead atoms. The van der Waals surface area contributed by atoms with Gasteiger partial charge in [0, 0.05) is 0 Å². The van der Waals surface area contributed by atoms with Gasteiger partial charge in [0.1, 0.15) is 12.1 Å². The molecule has 0 aromatic heterocycles. The van der Waals surface area contributed by atoms with Gasteiger partial charge in [0.2, 0.25) is 5.39 Å². The molecule has 18 heavy (non-hydrogen) atoms. The standard InChI is InChI=1S/C6H2N5O6.ClH/c7-8-3-1-5(10(14)15)6(11(16)17)2-4(3)9(12)13;/h1-2H;1H/q+1;/p-1. The van der Waals surface area contributed by atoms with Crippen molar-refractivity contribution < 1.29 is 27.2 Å². The van der Waals surface area contributed by atoms with Crippen LogP contribution in [-0.2, 0) is 0 Å². The molecule has 0 fully saturated rings. The minimum Gasteiger partial charge on any atom is -1.00 e. The Morgan fingerprint density at radius 3 is 1.61 bits per heavy atom. The zero-order chi connectivity index (χ0) is 13.2. The van der Waals surface area contributed by atoms with Crippen LogP contribution in [0.25, 0.3) is 4.98 Å². The SMILES string of the molecule is N#[N+]c1cc([N+](=O)[O-])c([N+](=O)[O-])cc1[N+](=O)[O-].[Cl-]. The highest BCUT2D eigenvalue weighted by Crippen LogP contribution is 2.38. The number of halogens is 1. The van der Waals surface area contributed by atoms with E-state index in [1.165, 1.54) is 0 Å². The highest BCUT2D eigenvalue weighted by atomic mass is 35.5. The normalized spacial score (nSPS) is 8.83. The largest absolute Gasteiger partial charge is 1.00 e. The van der Waals surface area contributed by atoms with Crippen LogP contribution in [0.2, 0.25) is 0 Å². The fraction of sp³-hybridized carbons (Fsp3) is 0. The van der Waals surface area contributed by atoms with Crippen molar-refractivity contribution in [3.8, 4) is 0 Å². The maximum Gasteiger partial charge on any atom is 0.468 e. The van der Waals surface area contributed by atoms with Crippen molar-refractivity contribution >= 4 is 22.7 Å². The molecule has 0 amide bonds. The first-order valence-corrected chi connectivity index (χ1v) is 3.84. The van der Waals surface area contributed by atoms with Crippen LogP contribution < -0.4 is 12.4 Å². The molecule has 11 nitrogen and oxygen atoms in total. The summed E-state index contributed by atoms with van der Waals surface area (Å²) in [6, 6.07) is 0.823. The summed E-state index contributed by atoms with van der Waals surface area (Å²) in [6.07, 6.45) is 0. The molecule has 1 aromatic rings. The van der Waals surface area contributed by atoms with Crippen molar-refractivity contribution in [2.75, 3.05) is 0 Å². The van der Waals surface area contributed by atoms with E-state index >= 15 is 0 Å². The van der Waals surface area contributed by atoms with E-state index in [1.54, 1.807) is 0 Å². The minimum atomic E-state index is -1.13. The van der Waals surface area contributed by atoms with E-state index in [0.29, 0.717) is 12.1 Å². The second-order valence-electron chi connectivity index (χ2n) is 2.70. The van der Waals surface area contributed by atoms with E-state index in [0.717, 1.165) is 0 Å². The van der Waals surface area contributed by atoms with E-state index in [1.807, 2.05) is 0 Å². The Balaban J connectivity index is 0.00000289. The molecular weight excluding hydrogens is 274 g/mol. The molecule has 0 aliphatic rings. The molecule has 12 heteroatoms. The van der Waals surface area contributed by atoms with E-state index in [9.17, 15) is 30.3 Å². The number of rotatable bonds is 3. The summed E-state index contributed by atoms with van der Waals surface area (Å²) in [5, 5.41) is 39.9. The average Bonchev–Trinajstić information content (AvgIpc) is 2.26. The van der Waals surface area contributed by atoms with E-state index in [2.05, 4.69) is 4.98 Å². The summed E-state index contributed by atoms with van der Waals surface area (Å²) in [7, 11) is 0. The van der Waals surface area contributed by atoms with Crippen molar-refractivity contribution in [2.24, 2.45) is 0 Å². The van der Waals surface area contributed by atoms with E-state index in [4.69, 9.17) is 5.39 Å². The van der Waals surface area contributed by atoms with Gasteiger partial charge >= 0.3 is 22.7 Å². The highest BCUT2D eigenvalue weighted by molar-refractivity contribution is 5.73. The highest BCUT2D eigenvalue weighted by Gasteiger charge is 2.37. The summed E-state index contributed by atoms with van der Waals surface area (Å²) < 4.78 is 0. The van der Waals surface area contributed by atoms with E-state index < -0.39 is 37.5 Å². The van der Waals surface area contributed by atoms with Crippen molar-refractivity contribution in [1.29, 1.82) is 5.39 Å². The average molecular weight is 276 g/mol. The third-order valence-electron chi connectivity index (χ3n) is 1.77. The van der Waals surface area contributed by atoms with Crippen LogP contribution in [0.3, 0.4) is 0 Å². The number of nitrogens with zero attached hydrogens (tertiary/aromatic N) is 5. The lowest BCUT2D eigenvalue weighted by Gasteiger charge is -1.93. The fourth-order valence-corrected chi connectivity index (χ4v) is 1.07. The molecule has 0 aliphatic carbocycles. The topological polar surface area (TPSA) is 158 Å². The first-order valence-electron chi connectivity index (χ1n) is 3.84. The van der Waals surface area contributed by atoms with Gasteiger partial charge < -0.3 is 12.4 Å². The Morgan fingerprint density at radius 2 is 1.28 bits per heavy atom. The molecule has 0 aliphatic heterocycles. The van der Waals surface area contributed by atoms with Gasteiger partial charge in [-0.15, -0.1) is 0 Å². The van der Waals surface area contributed by atoms with Gasteiger partial charge in [-0.3, -0.25) is 30.3 Å². The van der Waals surface area contributed by atoms with Crippen LogP contribution in [0.15, 0.2) is 12.1 Å². The lowest BCUT2D eigenvalue weighted by molar-refractivity contribution is -0.424. The lowest BCUT2D eigenvalue weighted by atomic mass is 10.2. The van der Waals surface area contributed by atoms with Crippen molar-refractivity contribution in [2.45, 2.75) is 0 Å². The molecule has 94 valence electrons. The van der Waals surface area contributed by atoms with Gasteiger partial charge in [-0.2, -0.15) is 0 Å². The summed E-state index contributed by atoms with van der Waals surface area (Å²) in [5.74, 6) is 0. The predicted molar refractivity (Wildman–Crippen MR) is 51.1 cm³/mol. The maximum absolute atomic E-state index is 10.5. The molecule has 0 spiro atoms. The zero-order valence-electron chi connectivity index (χ0n) is 8.22. The molecule has 0 atom stereocenters. The molecule has 0 radical (unpaired) electrons. The van der Waals surface area contributed by atoms with Crippen molar-refractivity contribution in [3.63, 3.8) is 0 Å². The molecule has 1 rings (SSSR count). The molecule has 0 saturated carbocycles. The van der Waals surface area contributed by atoms with Gasteiger partial charge in [-0.25, -0.2) is 0 Å². The Morgan fingerprint density at radius 1 is 0.889 bits per heavy atom. The Labute approximate surface area is 104 Å². The summed E-state index contributed by atoms with van der Waals surface area (Å²) >= 11 is 0. The number of diazo groups is 1. The Bertz CT molecular complexity index is 581. The van der Waals surface area contributed by atoms with Gasteiger partial charge in [0.05, 0.1) is 14.8 Å². The quantitative estimate of drug-likeness (QED) is 0.384. The number of hydrogen-bond acceptors (Lipinski definition) is 7. The molecule has 0 N–H and O–H groups in total. The summed E-state index contributed by atoms with van der Waals surface area (Å²) in [5.41, 5.74) is -3.67. The van der Waals surface area contributed by atoms with Crippen LogP contribution in [0.5, 0.6) is 0 Å². The van der Waals surface area contributed by atoms with Gasteiger partial charge in [0.15, 0.2) is 4.98 Å². The summed E-state index contributed by atoms with van der Waals surface area (Å²) in [4.78, 5) is 30.6. The fourth-order valence-electron chi connectivity index (χ4n) is 1.07. The predicted octanol–water partition coefficient (Wildman–Crippen LogP) is -1.10. The van der Waals surface area contributed by atoms with Crippen LogP contribution in [0.4, 0.5) is 22.7 Å². The summed E-state index contributed by atoms with van der Waals surface area (Å²) in [6.45, 7) is 0. The minimum absolute atomic E-state index is 0. The molecule has 0 heterocycles. The monoisotopic (exact) mass is 275 g/mol. The number of hydrogen-bond donors (Lipinski definition) is 0. The molecule has 0 unspecified atom stereocenters. The van der Waals surface area contributed by atoms with Crippen LogP contribution >= 0.6 is 0 Å². The van der Waals surface area contributed by atoms with Gasteiger partial charge in [-0.05, 0) is 0 Å². The second kappa shape index (κ2) is 5.46. The number of nitro benzene ring substituents is 3. The van der Waals surface area contributed by atoms with Crippen LogP contribution in [0.1, 0.15) is 0 Å². The van der Waals surface area contributed by atoms with Gasteiger partial charge in [-0.1, -0.05) is 0 Å².